The van der Waals surface area contributed by atoms with E-state index in [9.17, 15) is 14.0 Å². The maximum Gasteiger partial charge on any atom is 0.277 e. The van der Waals surface area contributed by atoms with E-state index in [0.717, 1.165) is 53.9 Å². The summed E-state index contributed by atoms with van der Waals surface area (Å²) in [5.74, 6) is -0.198. The number of halogens is 2. The van der Waals surface area contributed by atoms with Crippen LogP contribution in [0.5, 0.6) is 0 Å². The van der Waals surface area contributed by atoms with E-state index in [2.05, 4.69) is 58.2 Å². The third-order valence-electron chi connectivity index (χ3n) is 8.71. The maximum atomic E-state index is 14.2. The van der Waals surface area contributed by atoms with Crippen molar-refractivity contribution in [2.75, 3.05) is 26.2 Å². The van der Waals surface area contributed by atoms with Crippen molar-refractivity contribution in [3.8, 4) is 11.1 Å². The van der Waals surface area contributed by atoms with Gasteiger partial charge in [0.15, 0.2) is 5.16 Å². The number of aromatic nitrogens is 4. The Balaban J connectivity index is 1.41. The summed E-state index contributed by atoms with van der Waals surface area (Å²) in [6.45, 7) is 10.0. The summed E-state index contributed by atoms with van der Waals surface area (Å²) in [6.07, 6.45) is 6.03. The highest BCUT2D eigenvalue weighted by Crippen LogP contribution is 2.26. The van der Waals surface area contributed by atoms with Crippen LogP contribution < -0.4 is 5.56 Å². The highest BCUT2D eigenvalue weighted by molar-refractivity contribution is 7.98. The van der Waals surface area contributed by atoms with Gasteiger partial charge in [0.25, 0.3) is 5.56 Å². The molecule has 0 radical (unpaired) electrons. The number of H-pyrrole nitrogens is 1. The topological polar surface area (TPSA) is 87.1 Å². The molecule has 1 N–H and O–H groups in total. The normalized spacial score (nSPS) is 12.0. The number of carbonyl (C=O) groups excluding carboxylic acids is 1. The van der Waals surface area contributed by atoms with Crippen LogP contribution in [0.3, 0.4) is 0 Å². The van der Waals surface area contributed by atoms with E-state index in [1.165, 1.54) is 23.9 Å². The number of rotatable bonds is 16. The number of thioether (sulfide) groups is 1. The van der Waals surface area contributed by atoms with Crippen molar-refractivity contribution >= 4 is 29.3 Å². The van der Waals surface area contributed by atoms with Gasteiger partial charge in [-0.15, -0.1) is 0 Å². The number of benzene rings is 3. The number of aromatic amines is 1. The van der Waals surface area contributed by atoms with E-state index >= 15 is 0 Å². The lowest BCUT2D eigenvalue weighted by molar-refractivity contribution is -0.132. The molecular formula is C38H42ClFN6O2S. The van der Waals surface area contributed by atoms with Gasteiger partial charge >= 0.3 is 0 Å². The number of nitrogens with one attached hydrogen (secondary N) is 1. The molecule has 5 rings (SSSR count). The van der Waals surface area contributed by atoms with E-state index in [1.54, 1.807) is 35.3 Å². The van der Waals surface area contributed by atoms with E-state index < -0.39 is 0 Å². The van der Waals surface area contributed by atoms with E-state index in [0.29, 0.717) is 34.6 Å². The van der Waals surface area contributed by atoms with Crippen LogP contribution in [0.2, 0.25) is 5.02 Å². The fourth-order valence-corrected chi connectivity index (χ4v) is 6.70. The average molecular weight is 701 g/mol. The Morgan fingerprint density at radius 2 is 1.61 bits per heavy atom. The third kappa shape index (κ3) is 9.90. The van der Waals surface area contributed by atoms with Crippen LogP contribution in [-0.2, 0) is 23.6 Å². The minimum absolute atomic E-state index is 0.0122. The Morgan fingerprint density at radius 3 is 2.24 bits per heavy atom. The highest BCUT2D eigenvalue weighted by Gasteiger charge is 2.21. The van der Waals surface area contributed by atoms with Gasteiger partial charge < -0.3 is 14.4 Å². The molecule has 2 heterocycles. The molecular weight excluding hydrogens is 659 g/mol. The molecule has 0 aliphatic heterocycles. The summed E-state index contributed by atoms with van der Waals surface area (Å²) >= 11 is 7.43. The van der Waals surface area contributed by atoms with Gasteiger partial charge in [0, 0.05) is 47.7 Å². The third-order valence-corrected chi connectivity index (χ3v) is 10.0. The Labute approximate surface area is 296 Å². The number of nitrogens with zero attached hydrogens (tertiary/aromatic N) is 5. The molecule has 0 spiro atoms. The molecule has 0 aliphatic rings. The number of carbonyl (C=O) groups is 1. The molecule has 0 bridgehead atoms. The van der Waals surface area contributed by atoms with Gasteiger partial charge in [0.2, 0.25) is 5.91 Å². The van der Waals surface area contributed by atoms with Crippen molar-refractivity contribution < 1.29 is 9.18 Å². The number of amides is 1. The van der Waals surface area contributed by atoms with Gasteiger partial charge in [-0.25, -0.2) is 4.39 Å². The van der Waals surface area contributed by atoms with Crippen LogP contribution in [0.25, 0.3) is 11.1 Å². The zero-order valence-corrected chi connectivity index (χ0v) is 29.7. The van der Waals surface area contributed by atoms with Crippen molar-refractivity contribution in [1.82, 2.24) is 29.5 Å². The smallest absolute Gasteiger partial charge is 0.277 e. The molecule has 3 aromatic carbocycles. The first kappa shape index (κ1) is 36.0. The number of hydrogen-bond donors (Lipinski definition) is 1. The summed E-state index contributed by atoms with van der Waals surface area (Å²) < 4.78 is 15.3. The van der Waals surface area contributed by atoms with Crippen LogP contribution in [0, 0.1) is 5.82 Å². The minimum Gasteiger partial charge on any atom is -0.337 e. The molecule has 0 saturated carbocycles. The highest BCUT2D eigenvalue weighted by atomic mass is 35.5. The minimum atomic E-state index is -0.351. The summed E-state index contributed by atoms with van der Waals surface area (Å²) in [4.78, 5) is 36.3. The summed E-state index contributed by atoms with van der Waals surface area (Å²) in [5.41, 5.74) is 5.02. The second-order valence-electron chi connectivity index (χ2n) is 12.0. The first-order chi connectivity index (χ1) is 23.7. The Morgan fingerprint density at radius 1 is 0.959 bits per heavy atom. The average Bonchev–Trinajstić information content (AvgIpc) is 3.66. The lowest BCUT2D eigenvalue weighted by atomic mass is 9.98. The summed E-state index contributed by atoms with van der Waals surface area (Å²) in [5, 5.41) is 7.98. The second kappa shape index (κ2) is 17.4. The van der Waals surface area contributed by atoms with Crippen LogP contribution in [-0.4, -0.2) is 61.6 Å². The fourth-order valence-electron chi connectivity index (χ4n) is 5.65. The molecule has 8 nitrogen and oxygen atoms in total. The summed E-state index contributed by atoms with van der Waals surface area (Å²) in [6, 6.07) is 22.2. The van der Waals surface area contributed by atoms with Gasteiger partial charge in [0.05, 0.1) is 6.20 Å². The fraction of sp³-hybridized carbons (Fsp3) is 0.316. The van der Waals surface area contributed by atoms with Gasteiger partial charge in [-0.2, -0.15) is 10.1 Å². The molecule has 1 amide bonds. The van der Waals surface area contributed by atoms with Gasteiger partial charge in [0.1, 0.15) is 12.4 Å². The quantitative estimate of drug-likeness (QED) is 0.0842. The standard InChI is InChI=1S/C38H42ClFN6O2S/c1-4-44(5-2)19-6-20-45(23-28-7-11-30(12-8-28)31-13-15-33(39)16-14-31)36(47)25-46-24-35(27(3)32-21-41-42-22-32)37(48)43-38(46)49-26-29-9-17-34(40)18-10-29/h7-18,21-22,24,27H,4-6,19-20,23,25-26H2,1-3H3,(H,41,42). The summed E-state index contributed by atoms with van der Waals surface area (Å²) in [7, 11) is 0. The van der Waals surface area contributed by atoms with Crippen LogP contribution >= 0.6 is 23.4 Å². The molecule has 0 fully saturated rings. The van der Waals surface area contributed by atoms with E-state index in [-0.39, 0.29) is 29.7 Å². The van der Waals surface area contributed by atoms with Gasteiger partial charge in [-0.1, -0.05) is 92.7 Å². The van der Waals surface area contributed by atoms with Crippen molar-refractivity contribution in [2.24, 2.45) is 0 Å². The van der Waals surface area contributed by atoms with Gasteiger partial charge in [-0.05, 0) is 78.1 Å². The van der Waals surface area contributed by atoms with Crippen LogP contribution in [0.4, 0.5) is 4.39 Å². The van der Waals surface area contributed by atoms with Crippen molar-refractivity contribution in [3.63, 3.8) is 0 Å². The molecule has 1 unspecified atom stereocenters. The van der Waals surface area contributed by atoms with Crippen molar-refractivity contribution in [2.45, 2.75) is 57.1 Å². The first-order valence-corrected chi connectivity index (χ1v) is 17.9. The molecule has 0 saturated heterocycles. The van der Waals surface area contributed by atoms with Crippen LogP contribution in [0.15, 0.2) is 101 Å². The lowest BCUT2D eigenvalue weighted by Crippen LogP contribution is -2.37. The molecule has 1 atom stereocenters. The van der Waals surface area contributed by atoms with Crippen molar-refractivity contribution in [1.29, 1.82) is 0 Å². The first-order valence-electron chi connectivity index (χ1n) is 16.6. The Bertz CT molecular complexity index is 1840. The molecule has 5 aromatic rings. The largest absolute Gasteiger partial charge is 0.337 e. The SMILES string of the molecule is CCN(CC)CCCN(Cc1ccc(-c2ccc(Cl)cc2)cc1)C(=O)Cn1cc(C(C)c2cn[nH]c2)c(=O)nc1SCc1ccc(F)cc1. The van der Waals surface area contributed by atoms with Crippen LogP contribution in [0.1, 0.15) is 55.4 Å². The Hall–Kier alpha value is -4.25. The lowest BCUT2D eigenvalue weighted by Gasteiger charge is -2.26. The zero-order valence-electron chi connectivity index (χ0n) is 28.1. The zero-order chi connectivity index (χ0) is 34.8. The molecule has 11 heteroatoms. The molecule has 0 aliphatic carbocycles. The molecule has 2 aromatic heterocycles. The predicted molar refractivity (Wildman–Crippen MR) is 195 cm³/mol. The molecule has 49 heavy (non-hydrogen) atoms. The van der Waals surface area contributed by atoms with Crippen molar-refractivity contribution in [3.05, 3.63) is 135 Å². The van der Waals surface area contributed by atoms with E-state index in [4.69, 9.17) is 11.6 Å². The van der Waals surface area contributed by atoms with Gasteiger partial charge in [-0.3, -0.25) is 14.7 Å². The second-order valence-corrected chi connectivity index (χ2v) is 13.4. The molecule has 256 valence electrons. The maximum absolute atomic E-state index is 14.2. The Kier molecular flexibility index (Phi) is 12.8. The predicted octanol–water partition coefficient (Wildman–Crippen LogP) is 7.63. The van der Waals surface area contributed by atoms with E-state index in [1.807, 2.05) is 36.1 Å². The monoisotopic (exact) mass is 700 g/mol. The number of hydrogen-bond acceptors (Lipinski definition) is 6.